The fourth-order valence-electron chi connectivity index (χ4n) is 1.33. The summed E-state index contributed by atoms with van der Waals surface area (Å²) in [6.45, 7) is 0.231. The van der Waals surface area contributed by atoms with Crippen LogP contribution in [-0.2, 0) is 4.74 Å². The monoisotopic (exact) mass is 198 g/mol. The zero-order valence-electron chi connectivity index (χ0n) is 7.21. The topological polar surface area (TPSA) is 47.6 Å². The molecule has 1 aromatic carbocycles. The molecule has 0 spiro atoms. The molecule has 0 aromatic heterocycles. The van der Waals surface area contributed by atoms with Gasteiger partial charge in [-0.3, -0.25) is 0 Å². The van der Waals surface area contributed by atoms with Crippen LogP contribution in [0.5, 0.6) is 0 Å². The molecule has 0 radical (unpaired) electrons. The Labute approximate surface area is 79.2 Å². The van der Waals surface area contributed by atoms with E-state index in [-0.39, 0.29) is 12.6 Å². The van der Waals surface area contributed by atoms with Gasteiger partial charge in [-0.1, -0.05) is 0 Å². The Morgan fingerprint density at radius 1 is 1.29 bits per heavy atom. The average molecular weight is 198 g/mol. The van der Waals surface area contributed by atoms with Gasteiger partial charge in [-0.05, 0) is 17.7 Å². The molecule has 3 nitrogen and oxygen atoms in total. The fourth-order valence-corrected chi connectivity index (χ4v) is 1.33. The van der Waals surface area contributed by atoms with Crippen molar-refractivity contribution in [3.63, 3.8) is 0 Å². The zero-order valence-corrected chi connectivity index (χ0v) is 7.21. The third kappa shape index (κ3) is 1.66. The van der Waals surface area contributed by atoms with E-state index in [1.54, 1.807) is 0 Å². The number of hydrogen-bond acceptors (Lipinski definition) is 3. The van der Waals surface area contributed by atoms with E-state index in [1.165, 1.54) is 12.1 Å². The molecule has 2 N–H and O–H groups in total. The number of amidine groups is 1. The first-order valence-corrected chi connectivity index (χ1v) is 4.07. The molecular formula is C9H8F2N2O. The highest BCUT2D eigenvalue weighted by Gasteiger charge is 2.19. The zero-order chi connectivity index (χ0) is 10.1. The van der Waals surface area contributed by atoms with Gasteiger partial charge in [-0.25, -0.2) is 13.8 Å². The number of halogens is 2. The van der Waals surface area contributed by atoms with Crippen LogP contribution in [0.1, 0.15) is 11.6 Å². The molecule has 1 aliphatic rings. The summed E-state index contributed by atoms with van der Waals surface area (Å²) in [6, 6.07) is 2.91. The Morgan fingerprint density at radius 3 is 2.43 bits per heavy atom. The molecule has 1 heterocycles. The van der Waals surface area contributed by atoms with E-state index in [4.69, 9.17) is 10.5 Å². The second-order valence-corrected chi connectivity index (χ2v) is 3.00. The second-order valence-electron chi connectivity index (χ2n) is 3.00. The lowest BCUT2D eigenvalue weighted by atomic mass is 10.1. The van der Waals surface area contributed by atoms with Crippen molar-refractivity contribution < 1.29 is 13.5 Å². The van der Waals surface area contributed by atoms with Gasteiger partial charge in [0.25, 0.3) is 6.02 Å². The van der Waals surface area contributed by atoms with Gasteiger partial charge in [0.05, 0.1) is 0 Å². The highest BCUT2D eigenvalue weighted by Crippen LogP contribution is 2.23. The fraction of sp³-hybridized carbons (Fsp3) is 0.222. The number of nitrogens with zero attached hydrogens (tertiary/aromatic N) is 1. The molecule has 5 heteroatoms. The molecule has 0 saturated carbocycles. The van der Waals surface area contributed by atoms with Gasteiger partial charge in [-0.15, -0.1) is 0 Å². The van der Waals surface area contributed by atoms with Crippen LogP contribution >= 0.6 is 0 Å². The molecule has 0 fully saturated rings. The minimum atomic E-state index is -0.624. The van der Waals surface area contributed by atoms with Crippen molar-refractivity contribution in [3.8, 4) is 0 Å². The minimum Gasteiger partial charge on any atom is -0.463 e. The molecule has 1 atom stereocenters. The summed E-state index contributed by atoms with van der Waals surface area (Å²) in [6.07, 6.45) is 0. The molecular weight excluding hydrogens is 190 g/mol. The summed E-state index contributed by atoms with van der Waals surface area (Å²) in [5, 5.41) is 0. The van der Waals surface area contributed by atoms with E-state index in [9.17, 15) is 8.78 Å². The van der Waals surface area contributed by atoms with Crippen molar-refractivity contribution in [2.24, 2.45) is 10.7 Å². The molecule has 0 saturated heterocycles. The number of benzene rings is 1. The molecule has 1 aromatic rings. The predicted molar refractivity (Wildman–Crippen MR) is 46.7 cm³/mol. The highest BCUT2D eigenvalue weighted by molar-refractivity contribution is 5.73. The summed E-state index contributed by atoms with van der Waals surface area (Å²) in [7, 11) is 0. The molecule has 0 aliphatic carbocycles. The Balaban J connectivity index is 2.32. The average Bonchev–Trinajstić information content (AvgIpc) is 2.50. The summed E-state index contributed by atoms with van der Waals surface area (Å²) in [5.41, 5.74) is 5.71. The van der Waals surface area contributed by atoms with Crippen molar-refractivity contribution in [2.45, 2.75) is 6.04 Å². The van der Waals surface area contributed by atoms with Crippen molar-refractivity contribution in [3.05, 3.63) is 35.4 Å². The van der Waals surface area contributed by atoms with E-state index >= 15 is 0 Å². The second kappa shape index (κ2) is 3.25. The van der Waals surface area contributed by atoms with Crippen molar-refractivity contribution in [1.82, 2.24) is 0 Å². The SMILES string of the molecule is NC1=N[C@@H](c2cc(F)cc(F)c2)CO1. The number of hydrogen-bond donors (Lipinski definition) is 1. The molecule has 2 rings (SSSR count). The summed E-state index contributed by atoms with van der Waals surface area (Å²) in [4.78, 5) is 3.88. The van der Waals surface area contributed by atoms with Gasteiger partial charge in [0, 0.05) is 6.07 Å². The summed E-state index contributed by atoms with van der Waals surface area (Å²) >= 11 is 0. The number of aliphatic imine (C=N–C) groups is 1. The highest BCUT2D eigenvalue weighted by atomic mass is 19.1. The van der Waals surface area contributed by atoms with Crippen molar-refractivity contribution in [2.75, 3.05) is 6.61 Å². The van der Waals surface area contributed by atoms with E-state index in [0.29, 0.717) is 5.56 Å². The van der Waals surface area contributed by atoms with Gasteiger partial charge in [0.2, 0.25) is 0 Å². The van der Waals surface area contributed by atoms with E-state index in [2.05, 4.69) is 4.99 Å². The van der Waals surface area contributed by atoms with Crippen molar-refractivity contribution >= 4 is 6.02 Å². The van der Waals surface area contributed by atoms with Gasteiger partial charge in [0.1, 0.15) is 24.3 Å². The molecule has 0 unspecified atom stereocenters. The van der Waals surface area contributed by atoms with E-state index in [0.717, 1.165) is 6.07 Å². The smallest absolute Gasteiger partial charge is 0.282 e. The normalized spacial score (nSPS) is 20.4. The minimum absolute atomic E-state index is 0.0552. The molecule has 74 valence electrons. The largest absolute Gasteiger partial charge is 0.463 e. The first-order chi connectivity index (χ1) is 6.65. The van der Waals surface area contributed by atoms with Crippen LogP contribution in [0, 0.1) is 11.6 Å². The third-order valence-corrected chi connectivity index (χ3v) is 1.94. The van der Waals surface area contributed by atoms with Gasteiger partial charge >= 0.3 is 0 Å². The third-order valence-electron chi connectivity index (χ3n) is 1.94. The summed E-state index contributed by atoms with van der Waals surface area (Å²) < 4.78 is 30.5. The molecule has 0 amide bonds. The Hall–Kier alpha value is -1.65. The van der Waals surface area contributed by atoms with Crippen LogP contribution in [-0.4, -0.2) is 12.6 Å². The molecule has 14 heavy (non-hydrogen) atoms. The van der Waals surface area contributed by atoms with Crippen LogP contribution in [0.2, 0.25) is 0 Å². The maximum Gasteiger partial charge on any atom is 0.282 e. The van der Waals surface area contributed by atoms with E-state index < -0.39 is 17.7 Å². The van der Waals surface area contributed by atoms with Gasteiger partial charge in [0.15, 0.2) is 0 Å². The van der Waals surface area contributed by atoms with Crippen LogP contribution in [0.15, 0.2) is 23.2 Å². The van der Waals surface area contributed by atoms with Crippen LogP contribution in [0.3, 0.4) is 0 Å². The Kier molecular flexibility index (Phi) is 2.07. The maximum absolute atomic E-state index is 12.8. The lowest BCUT2D eigenvalue weighted by molar-refractivity contribution is 0.314. The lowest BCUT2D eigenvalue weighted by Crippen LogP contribution is -2.10. The standard InChI is InChI=1S/C9H8F2N2O/c10-6-1-5(2-7(11)3-6)8-4-14-9(12)13-8/h1-3,8H,4H2,(H2,12,13)/t8-/m1/s1. The van der Waals surface area contributed by atoms with Gasteiger partial charge in [-0.2, -0.15) is 0 Å². The lowest BCUT2D eigenvalue weighted by Gasteiger charge is -2.05. The quantitative estimate of drug-likeness (QED) is 0.740. The maximum atomic E-state index is 12.8. The van der Waals surface area contributed by atoms with Crippen LogP contribution < -0.4 is 5.73 Å². The Bertz CT molecular complexity index is 372. The van der Waals surface area contributed by atoms with Gasteiger partial charge < -0.3 is 10.5 Å². The number of ether oxygens (including phenoxy) is 1. The summed E-state index contributed by atoms with van der Waals surface area (Å²) in [5.74, 6) is -1.25. The predicted octanol–water partition coefficient (Wildman–Crippen LogP) is 1.35. The number of rotatable bonds is 1. The van der Waals surface area contributed by atoms with Crippen LogP contribution in [0.4, 0.5) is 8.78 Å². The van der Waals surface area contributed by atoms with E-state index in [1.807, 2.05) is 0 Å². The van der Waals surface area contributed by atoms with Crippen LogP contribution in [0.25, 0.3) is 0 Å². The first-order valence-electron chi connectivity index (χ1n) is 4.07. The first kappa shape index (κ1) is 8.93. The Morgan fingerprint density at radius 2 is 1.93 bits per heavy atom. The molecule has 1 aliphatic heterocycles. The number of nitrogens with two attached hydrogens (primary N) is 1. The molecule has 0 bridgehead atoms. The van der Waals surface area contributed by atoms with Crippen molar-refractivity contribution in [1.29, 1.82) is 0 Å².